The van der Waals surface area contributed by atoms with Crippen LogP contribution >= 0.6 is 0 Å². The highest BCUT2D eigenvalue weighted by atomic mass is 19.1. The lowest BCUT2D eigenvalue weighted by Crippen LogP contribution is -2.27. The molecule has 1 amide bonds. The lowest BCUT2D eigenvalue weighted by molar-refractivity contribution is 0.0511. The normalized spacial score (nSPS) is 11.2. The number of hydrogen-bond acceptors (Lipinski definition) is 5. The lowest BCUT2D eigenvalue weighted by atomic mass is 10.0. The molecule has 1 heterocycles. The number of amides is 1. The van der Waals surface area contributed by atoms with Gasteiger partial charge in [0.25, 0.3) is 5.91 Å². The number of hydrogen-bond donors (Lipinski definition) is 2. The maximum Gasteiger partial charge on any atom is 0.251 e. The molecule has 0 saturated carbocycles. The summed E-state index contributed by atoms with van der Waals surface area (Å²) < 4.78 is 40.8. The zero-order chi connectivity index (χ0) is 32.5. The molecule has 0 fully saturated rings. The molecular formula is C37H38F2N4O3. The first-order valence-electron chi connectivity index (χ1n) is 15.3. The van der Waals surface area contributed by atoms with Crippen molar-refractivity contribution in [2.75, 3.05) is 39.5 Å². The summed E-state index contributed by atoms with van der Waals surface area (Å²) in [5.41, 5.74) is 12.9. The highest BCUT2D eigenvalue weighted by Gasteiger charge is 2.22. The Balaban J connectivity index is 1.45. The van der Waals surface area contributed by atoms with Gasteiger partial charge in [0.15, 0.2) is 0 Å². The summed E-state index contributed by atoms with van der Waals surface area (Å²) in [5.74, 6) is -0.158. The smallest absolute Gasteiger partial charge is 0.251 e. The van der Waals surface area contributed by atoms with E-state index in [0.29, 0.717) is 57.3 Å². The van der Waals surface area contributed by atoms with Crippen molar-refractivity contribution >= 4 is 5.91 Å². The fourth-order valence-corrected chi connectivity index (χ4v) is 5.33. The minimum Gasteiger partial charge on any atom is -0.378 e. The lowest BCUT2D eigenvalue weighted by Gasteiger charge is -2.15. The Hall–Kier alpha value is -4.70. The van der Waals surface area contributed by atoms with Gasteiger partial charge in [-0.2, -0.15) is 0 Å². The largest absolute Gasteiger partial charge is 0.378 e. The Labute approximate surface area is 268 Å². The number of nitrogens with zero attached hydrogens (tertiary/aromatic N) is 2. The van der Waals surface area contributed by atoms with Gasteiger partial charge in [0.1, 0.15) is 17.5 Å². The van der Waals surface area contributed by atoms with E-state index in [1.165, 1.54) is 24.3 Å². The SMILES string of the molecule is Cc1cc(C)cc(-c2nc(-c3ccc(F)cc3)c(-c3ccc(F)cc3)n2Cc2ccc(C(=O)NCCOCCOCCN)cc2)c1. The van der Waals surface area contributed by atoms with Gasteiger partial charge >= 0.3 is 0 Å². The van der Waals surface area contributed by atoms with Gasteiger partial charge in [0.05, 0.1) is 37.8 Å². The first-order chi connectivity index (χ1) is 22.3. The van der Waals surface area contributed by atoms with E-state index in [9.17, 15) is 13.6 Å². The van der Waals surface area contributed by atoms with E-state index in [2.05, 4.69) is 28.1 Å². The number of aryl methyl sites for hydroxylation is 2. The van der Waals surface area contributed by atoms with Crippen molar-refractivity contribution in [2.24, 2.45) is 5.73 Å². The Morgan fingerprint density at radius 1 is 0.761 bits per heavy atom. The summed E-state index contributed by atoms with van der Waals surface area (Å²) in [6.45, 7) is 7.11. The van der Waals surface area contributed by atoms with Crippen molar-refractivity contribution in [1.82, 2.24) is 14.9 Å². The van der Waals surface area contributed by atoms with Crippen molar-refractivity contribution < 1.29 is 23.0 Å². The number of imidazole rings is 1. The zero-order valence-electron chi connectivity index (χ0n) is 26.1. The second kappa shape index (κ2) is 15.5. The molecule has 9 heteroatoms. The van der Waals surface area contributed by atoms with Gasteiger partial charge in [-0.3, -0.25) is 4.79 Å². The number of benzene rings is 4. The number of rotatable bonds is 14. The minimum absolute atomic E-state index is 0.196. The maximum atomic E-state index is 14.0. The molecule has 4 aromatic carbocycles. The second-order valence-corrected chi connectivity index (χ2v) is 11.1. The van der Waals surface area contributed by atoms with Crippen LogP contribution in [0.25, 0.3) is 33.9 Å². The first-order valence-corrected chi connectivity index (χ1v) is 15.3. The molecule has 0 unspecified atom stereocenters. The third kappa shape index (κ3) is 8.31. The number of carbonyl (C=O) groups excluding carboxylic acids is 1. The molecule has 0 spiro atoms. The molecule has 3 N–H and O–H groups in total. The number of ether oxygens (including phenoxy) is 2. The predicted octanol–water partition coefficient (Wildman–Crippen LogP) is 6.55. The van der Waals surface area contributed by atoms with Gasteiger partial charge in [0, 0.05) is 41.9 Å². The Morgan fingerprint density at radius 2 is 1.35 bits per heavy atom. The molecule has 0 aliphatic rings. The molecule has 1 aromatic heterocycles. The summed E-state index contributed by atoms with van der Waals surface area (Å²) in [4.78, 5) is 17.9. The van der Waals surface area contributed by atoms with Crippen molar-refractivity contribution in [2.45, 2.75) is 20.4 Å². The van der Waals surface area contributed by atoms with Crippen LogP contribution in [0.4, 0.5) is 8.78 Å². The molecule has 0 radical (unpaired) electrons. The van der Waals surface area contributed by atoms with E-state index in [1.54, 1.807) is 36.4 Å². The molecule has 0 saturated heterocycles. The van der Waals surface area contributed by atoms with Crippen LogP contribution in [0.5, 0.6) is 0 Å². The van der Waals surface area contributed by atoms with Gasteiger partial charge in [0.2, 0.25) is 0 Å². The molecule has 7 nitrogen and oxygen atoms in total. The quantitative estimate of drug-likeness (QED) is 0.137. The number of aromatic nitrogens is 2. The molecule has 0 aliphatic carbocycles. The number of nitrogens with one attached hydrogen (secondary N) is 1. The summed E-state index contributed by atoms with van der Waals surface area (Å²) in [5, 5.41) is 2.87. The zero-order valence-corrected chi connectivity index (χ0v) is 26.1. The van der Waals surface area contributed by atoms with E-state index < -0.39 is 0 Å². The molecule has 238 valence electrons. The highest BCUT2D eigenvalue weighted by molar-refractivity contribution is 5.94. The van der Waals surface area contributed by atoms with Crippen molar-refractivity contribution in [1.29, 1.82) is 0 Å². The molecule has 5 rings (SSSR count). The van der Waals surface area contributed by atoms with Crippen molar-refractivity contribution in [3.8, 4) is 33.9 Å². The van der Waals surface area contributed by atoms with E-state index in [-0.39, 0.29) is 17.5 Å². The topological polar surface area (TPSA) is 91.4 Å². The Bertz CT molecular complexity index is 1730. The molecule has 46 heavy (non-hydrogen) atoms. The average Bonchev–Trinajstić information content (AvgIpc) is 3.41. The van der Waals surface area contributed by atoms with Crippen LogP contribution in [0.15, 0.2) is 91.0 Å². The summed E-state index contributed by atoms with van der Waals surface area (Å²) in [6.07, 6.45) is 0. The van der Waals surface area contributed by atoms with E-state index >= 15 is 0 Å². The minimum atomic E-state index is -0.343. The molecule has 0 bridgehead atoms. The van der Waals surface area contributed by atoms with Crippen LogP contribution in [0.1, 0.15) is 27.0 Å². The van der Waals surface area contributed by atoms with Crippen LogP contribution in [-0.4, -0.2) is 55.0 Å². The fourth-order valence-electron chi connectivity index (χ4n) is 5.33. The monoisotopic (exact) mass is 624 g/mol. The van der Waals surface area contributed by atoms with Crippen LogP contribution in [0, 0.1) is 25.5 Å². The summed E-state index contributed by atoms with van der Waals surface area (Å²) >= 11 is 0. The fraction of sp³-hybridized carbons (Fsp3) is 0.243. The van der Waals surface area contributed by atoms with Gasteiger partial charge in [-0.1, -0.05) is 29.3 Å². The summed E-state index contributed by atoms with van der Waals surface area (Å²) in [6, 6.07) is 26.2. The third-order valence-corrected chi connectivity index (χ3v) is 7.41. The average molecular weight is 625 g/mol. The summed E-state index contributed by atoms with van der Waals surface area (Å²) in [7, 11) is 0. The number of carbonyl (C=O) groups is 1. The number of nitrogens with two attached hydrogens (primary N) is 1. The van der Waals surface area contributed by atoms with Gasteiger partial charge in [-0.15, -0.1) is 0 Å². The third-order valence-electron chi connectivity index (χ3n) is 7.41. The highest BCUT2D eigenvalue weighted by Crippen LogP contribution is 2.37. The van der Waals surface area contributed by atoms with Gasteiger partial charge < -0.3 is 25.1 Å². The van der Waals surface area contributed by atoms with Crippen LogP contribution < -0.4 is 11.1 Å². The molecule has 0 atom stereocenters. The van der Waals surface area contributed by atoms with Gasteiger partial charge in [-0.05, 0) is 92.2 Å². The van der Waals surface area contributed by atoms with Gasteiger partial charge in [-0.25, -0.2) is 13.8 Å². The molecule has 5 aromatic rings. The van der Waals surface area contributed by atoms with E-state index in [4.69, 9.17) is 20.2 Å². The van der Waals surface area contributed by atoms with E-state index in [1.807, 2.05) is 26.0 Å². The maximum absolute atomic E-state index is 14.0. The van der Waals surface area contributed by atoms with Crippen molar-refractivity contribution in [3.63, 3.8) is 0 Å². The van der Waals surface area contributed by atoms with Crippen molar-refractivity contribution in [3.05, 3.63) is 125 Å². The standard InChI is InChI=1S/C37H38F2N4O3/c1-25-21-26(2)23-31(22-25)36-42-34(28-7-11-32(38)12-8-28)35(29-9-13-33(39)14-10-29)43(36)24-27-3-5-30(6-4-27)37(44)41-16-18-46-20-19-45-17-15-40/h3-14,21-23H,15-20,24,40H2,1-2H3,(H,41,44). The second-order valence-electron chi connectivity index (χ2n) is 11.1. The predicted molar refractivity (Wildman–Crippen MR) is 176 cm³/mol. The Kier molecular flexibility index (Phi) is 11.0. The molecular weight excluding hydrogens is 586 g/mol. The number of halogens is 2. The first kappa shape index (κ1) is 32.7. The Morgan fingerprint density at radius 3 is 1.96 bits per heavy atom. The van der Waals surface area contributed by atoms with E-state index in [0.717, 1.165) is 44.9 Å². The van der Waals surface area contributed by atoms with Crippen LogP contribution in [0.3, 0.4) is 0 Å². The van der Waals surface area contributed by atoms with Crippen LogP contribution in [0.2, 0.25) is 0 Å². The molecule has 0 aliphatic heterocycles. The van der Waals surface area contributed by atoms with Crippen LogP contribution in [-0.2, 0) is 16.0 Å².